The topological polar surface area (TPSA) is 15.3 Å². The number of anilines is 1. The molecule has 2 rings (SSSR count). The van der Waals surface area contributed by atoms with Gasteiger partial charge in [-0.3, -0.25) is 0 Å². The average molecular weight is 260 g/mol. The lowest BCUT2D eigenvalue weighted by Crippen LogP contribution is -2.36. The van der Waals surface area contributed by atoms with E-state index in [0.29, 0.717) is 0 Å². The maximum absolute atomic E-state index is 3.63. The summed E-state index contributed by atoms with van der Waals surface area (Å²) in [5, 5.41) is 3.63. The molecule has 1 aromatic rings. The van der Waals surface area contributed by atoms with Gasteiger partial charge in [0.05, 0.1) is 0 Å². The van der Waals surface area contributed by atoms with Crippen molar-refractivity contribution in [1.82, 2.24) is 5.32 Å². The molecule has 0 aliphatic carbocycles. The van der Waals surface area contributed by atoms with Gasteiger partial charge >= 0.3 is 0 Å². The van der Waals surface area contributed by atoms with Crippen LogP contribution in [-0.2, 0) is 6.42 Å². The minimum atomic E-state index is 0.732. The SMILES string of the molecule is CCCc1ccc(N(C)CCC2CCCCN2)cc1. The number of hydrogen-bond donors (Lipinski definition) is 1. The van der Waals surface area contributed by atoms with Crippen LogP contribution in [0.4, 0.5) is 5.69 Å². The zero-order chi connectivity index (χ0) is 13.5. The fraction of sp³-hybridized carbons (Fsp3) is 0.647. The van der Waals surface area contributed by atoms with E-state index in [9.17, 15) is 0 Å². The molecular weight excluding hydrogens is 232 g/mol. The number of piperidine rings is 1. The Morgan fingerprint density at radius 2 is 2.00 bits per heavy atom. The number of hydrogen-bond acceptors (Lipinski definition) is 2. The zero-order valence-corrected chi connectivity index (χ0v) is 12.5. The van der Waals surface area contributed by atoms with E-state index in [0.717, 1.165) is 12.6 Å². The lowest BCUT2D eigenvalue weighted by atomic mass is 10.0. The molecule has 1 heterocycles. The summed E-state index contributed by atoms with van der Waals surface area (Å²) >= 11 is 0. The van der Waals surface area contributed by atoms with Crippen LogP contribution < -0.4 is 10.2 Å². The van der Waals surface area contributed by atoms with Crippen molar-refractivity contribution in [3.05, 3.63) is 29.8 Å². The van der Waals surface area contributed by atoms with E-state index in [1.165, 1.54) is 56.3 Å². The Balaban J connectivity index is 1.79. The van der Waals surface area contributed by atoms with E-state index < -0.39 is 0 Å². The predicted molar refractivity (Wildman–Crippen MR) is 84.0 cm³/mol. The summed E-state index contributed by atoms with van der Waals surface area (Å²) in [5.74, 6) is 0. The van der Waals surface area contributed by atoms with Crippen LogP contribution in [0.3, 0.4) is 0 Å². The lowest BCUT2D eigenvalue weighted by molar-refractivity contribution is 0.384. The molecule has 0 aromatic heterocycles. The third-order valence-corrected chi connectivity index (χ3v) is 4.14. The normalized spacial score (nSPS) is 19.4. The molecule has 1 N–H and O–H groups in total. The summed E-state index contributed by atoms with van der Waals surface area (Å²) in [6, 6.07) is 9.80. The molecule has 1 unspecified atom stereocenters. The van der Waals surface area contributed by atoms with Crippen molar-refractivity contribution in [3.63, 3.8) is 0 Å². The second-order valence-corrected chi connectivity index (χ2v) is 5.77. The molecule has 0 saturated carbocycles. The molecule has 2 heteroatoms. The van der Waals surface area contributed by atoms with Crippen LogP contribution in [0, 0.1) is 0 Å². The Labute approximate surface area is 118 Å². The Bertz CT molecular complexity index is 352. The van der Waals surface area contributed by atoms with Crippen molar-refractivity contribution < 1.29 is 0 Å². The molecule has 0 amide bonds. The molecule has 106 valence electrons. The van der Waals surface area contributed by atoms with Crippen LogP contribution in [-0.4, -0.2) is 26.2 Å². The molecule has 1 aromatic carbocycles. The number of nitrogens with one attached hydrogen (secondary N) is 1. The molecule has 1 atom stereocenters. The molecule has 0 spiro atoms. The first-order chi connectivity index (χ1) is 9.29. The minimum Gasteiger partial charge on any atom is -0.375 e. The van der Waals surface area contributed by atoms with Crippen LogP contribution in [0.25, 0.3) is 0 Å². The fourth-order valence-corrected chi connectivity index (χ4v) is 2.85. The number of rotatable bonds is 6. The minimum absolute atomic E-state index is 0.732. The Morgan fingerprint density at radius 3 is 2.63 bits per heavy atom. The van der Waals surface area contributed by atoms with E-state index in [1.807, 2.05) is 0 Å². The summed E-state index contributed by atoms with van der Waals surface area (Å²) in [4.78, 5) is 2.38. The molecular formula is C17H28N2. The quantitative estimate of drug-likeness (QED) is 0.840. The predicted octanol–water partition coefficient (Wildman–Crippen LogP) is 3.61. The van der Waals surface area contributed by atoms with E-state index in [-0.39, 0.29) is 0 Å². The van der Waals surface area contributed by atoms with E-state index in [1.54, 1.807) is 0 Å². The van der Waals surface area contributed by atoms with Crippen LogP contribution >= 0.6 is 0 Å². The first-order valence-electron chi connectivity index (χ1n) is 7.83. The van der Waals surface area contributed by atoms with Gasteiger partial charge in [-0.25, -0.2) is 0 Å². The molecule has 19 heavy (non-hydrogen) atoms. The van der Waals surface area contributed by atoms with Gasteiger partial charge in [-0.2, -0.15) is 0 Å². The number of benzene rings is 1. The monoisotopic (exact) mass is 260 g/mol. The summed E-state index contributed by atoms with van der Waals surface area (Å²) < 4.78 is 0. The van der Waals surface area contributed by atoms with Crippen LogP contribution in [0.5, 0.6) is 0 Å². The van der Waals surface area contributed by atoms with Crippen molar-refractivity contribution >= 4 is 5.69 Å². The highest BCUT2D eigenvalue weighted by atomic mass is 15.1. The molecule has 1 fully saturated rings. The van der Waals surface area contributed by atoms with Crippen molar-refractivity contribution in [2.24, 2.45) is 0 Å². The summed E-state index contributed by atoms with van der Waals surface area (Å²) in [6.07, 6.45) is 7.77. The standard InChI is InChI=1S/C17H28N2/c1-3-6-15-8-10-17(11-9-15)19(2)14-12-16-7-4-5-13-18-16/h8-11,16,18H,3-7,12-14H2,1-2H3. The Hall–Kier alpha value is -1.02. The van der Waals surface area contributed by atoms with E-state index in [2.05, 4.69) is 48.5 Å². The van der Waals surface area contributed by atoms with E-state index >= 15 is 0 Å². The van der Waals surface area contributed by atoms with Gasteiger partial charge in [-0.05, 0) is 49.9 Å². The second kappa shape index (κ2) is 7.54. The zero-order valence-electron chi connectivity index (χ0n) is 12.5. The van der Waals surface area contributed by atoms with Gasteiger partial charge in [0.1, 0.15) is 0 Å². The summed E-state index contributed by atoms with van der Waals surface area (Å²) in [7, 11) is 2.21. The first kappa shape index (κ1) is 14.4. The molecule has 1 aliphatic heterocycles. The highest BCUT2D eigenvalue weighted by molar-refractivity contribution is 5.46. The number of nitrogens with zero attached hydrogens (tertiary/aromatic N) is 1. The van der Waals surface area contributed by atoms with Crippen LogP contribution in [0.2, 0.25) is 0 Å². The molecule has 1 saturated heterocycles. The highest BCUT2D eigenvalue weighted by Crippen LogP contribution is 2.17. The Morgan fingerprint density at radius 1 is 1.21 bits per heavy atom. The van der Waals surface area contributed by atoms with Gasteiger partial charge < -0.3 is 10.2 Å². The third-order valence-electron chi connectivity index (χ3n) is 4.14. The number of aryl methyl sites for hydroxylation is 1. The van der Waals surface area contributed by atoms with Gasteiger partial charge in [0.2, 0.25) is 0 Å². The molecule has 1 aliphatic rings. The van der Waals surface area contributed by atoms with Gasteiger partial charge in [0, 0.05) is 25.3 Å². The van der Waals surface area contributed by atoms with Crippen LogP contribution in [0.15, 0.2) is 24.3 Å². The van der Waals surface area contributed by atoms with E-state index in [4.69, 9.17) is 0 Å². The van der Waals surface area contributed by atoms with Crippen LogP contribution in [0.1, 0.15) is 44.6 Å². The second-order valence-electron chi connectivity index (χ2n) is 5.77. The first-order valence-corrected chi connectivity index (χ1v) is 7.83. The lowest BCUT2D eigenvalue weighted by Gasteiger charge is -2.27. The van der Waals surface area contributed by atoms with Crippen molar-refractivity contribution in [3.8, 4) is 0 Å². The highest BCUT2D eigenvalue weighted by Gasteiger charge is 2.13. The van der Waals surface area contributed by atoms with Gasteiger partial charge in [-0.1, -0.05) is 31.9 Å². The van der Waals surface area contributed by atoms with Crippen molar-refractivity contribution in [2.45, 2.75) is 51.5 Å². The molecule has 0 radical (unpaired) electrons. The maximum Gasteiger partial charge on any atom is 0.0363 e. The fourth-order valence-electron chi connectivity index (χ4n) is 2.85. The van der Waals surface area contributed by atoms with Crippen molar-refractivity contribution in [2.75, 3.05) is 25.0 Å². The summed E-state index contributed by atoms with van der Waals surface area (Å²) in [6.45, 7) is 4.59. The summed E-state index contributed by atoms with van der Waals surface area (Å²) in [5.41, 5.74) is 2.80. The molecule has 2 nitrogen and oxygen atoms in total. The maximum atomic E-state index is 3.63. The van der Waals surface area contributed by atoms with Gasteiger partial charge in [0.15, 0.2) is 0 Å². The van der Waals surface area contributed by atoms with Crippen molar-refractivity contribution in [1.29, 1.82) is 0 Å². The van der Waals surface area contributed by atoms with Gasteiger partial charge in [0.25, 0.3) is 0 Å². The Kier molecular flexibility index (Phi) is 5.71. The molecule has 0 bridgehead atoms. The third kappa shape index (κ3) is 4.54. The van der Waals surface area contributed by atoms with Gasteiger partial charge in [-0.15, -0.1) is 0 Å². The smallest absolute Gasteiger partial charge is 0.0363 e. The largest absolute Gasteiger partial charge is 0.375 e. The average Bonchev–Trinajstić information content (AvgIpc) is 2.47.